The van der Waals surface area contributed by atoms with Gasteiger partial charge in [-0.1, -0.05) is 42.5 Å². The molecule has 0 unspecified atom stereocenters. The third kappa shape index (κ3) is 5.43. The third-order valence-electron chi connectivity index (χ3n) is 5.97. The number of thiocarbonyl (C=S) groups is 1. The number of furan rings is 1. The molecule has 0 aliphatic rings. The fourth-order valence-corrected chi connectivity index (χ4v) is 5.08. The van der Waals surface area contributed by atoms with E-state index >= 15 is 0 Å². The summed E-state index contributed by atoms with van der Waals surface area (Å²) in [6, 6.07) is 23.5. The van der Waals surface area contributed by atoms with Crippen LogP contribution in [0.1, 0.15) is 20.9 Å². The first-order chi connectivity index (χ1) is 18.9. The molecule has 2 amide bonds. The molecule has 5 rings (SSSR count). The zero-order valence-corrected chi connectivity index (χ0v) is 23.2. The highest BCUT2D eigenvalue weighted by Crippen LogP contribution is 2.36. The van der Waals surface area contributed by atoms with E-state index in [1.807, 2.05) is 42.5 Å². The van der Waals surface area contributed by atoms with E-state index in [9.17, 15) is 9.59 Å². The lowest BCUT2D eigenvalue weighted by molar-refractivity contribution is 0.0972. The fraction of sp³-hybridized carbons (Fsp3) is 0.0690. The molecule has 196 valence electrons. The Morgan fingerprint density at radius 1 is 0.846 bits per heavy atom. The van der Waals surface area contributed by atoms with Crippen molar-refractivity contribution < 1.29 is 23.5 Å². The van der Waals surface area contributed by atoms with Crippen molar-refractivity contribution in [3.8, 4) is 11.5 Å². The number of nitrogens with one attached hydrogen (secondary N) is 3. The Balaban J connectivity index is 1.29. The Labute approximate surface area is 237 Å². The van der Waals surface area contributed by atoms with E-state index in [0.717, 1.165) is 16.2 Å². The minimum absolute atomic E-state index is 0.0763. The molecule has 0 bridgehead atoms. The van der Waals surface area contributed by atoms with Crippen LogP contribution < -0.4 is 25.4 Å². The lowest BCUT2D eigenvalue weighted by Crippen LogP contribution is -2.34. The summed E-state index contributed by atoms with van der Waals surface area (Å²) in [6.45, 7) is 0. The molecule has 10 heteroatoms. The van der Waals surface area contributed by atoms with Crippen LogP contribution in [0.2, 0.25) is 0 Å². The van der Waals surface area contributed by atoms with Crippen LogP contribution in [0.3, 0.4) is 0 Å². The van der Waals surface area contributed by atoms with Crippen LogP contribution >= 0.6 is 28.1 Å². The SMILES string of the molecule is COc1cc(NC(=S)NC(=O)c2cc3ccccc3c(Br)c2OC)ccc1NC(=O)c1cc2ccccc2o1. The molecule has 39 heavy (non-hydrogen) atoms. The largest absolute Gasteiger partial charge is 0.495 e. The van der Waals surface area contributed by atoms with Gasteiger partial charge in [-0.05, 0) is 69.3 Å². The Kier molecular flexibility index (Phi) is 7.49. The number of anilines is 2. The predicted molar refractivity (Wildman–Crippen MR) is 159 cm³/mol. The smallest absolute Gasteiger partial charge is 0.291 e. The number of hydrogen-bond acceptors (Lipinski definition) is 6. The molecular formula is C29H22BrN3O5S. The summed E-state index contributed by atoms with van der Waals surface area (Å²) in [5, 5.41) is 11.2. The van der Waals surface area contributed by atoms with Gasteiger partial charge in [-0.15, -0.1) is 0 Å². The van der Waals surface area contributed by atoms with Gasteiger partial charge in [0, 0.05) is 17.1 Å². The molecule has 8 nitrogen and oxygen atoms in total. The maximum Gasteiger partial charge on any atom is 0.291 e. The molecule has 0 fully saturated rings. The number of carbonyl (C=O) groups excluding carboxylic acids is 2. The molecule has 0 saturated carbocycles. The highest BCUT2D eigenvalue weighted by atomic mass is 79.9. The van der Waals surface area contributed by atoms with Crippen molar-refractivity contribution in [1.29, 1.82) is 0 Å². The van der Waals surface area contributed by atoms with Gasteiger partial charge in [0.05, 0.1) is 29.9 Å². The summed E-state index contributed by atoms with van der Waals surface area (Å²) >= 11 is 8.92. The van der Waals surface area contributed by atoms with Gasteiger partial charge >= 0.3 is 0 Å². The number of para-hydroxylation sites is 1. The first kappa shape index (κ1) is 26.2. The maximum atomic E-state index is 13.1. The van der Waals surface area contributed by atoms with E-state index in [-0.39, 0.29) is 10.9 Å². The molecule has 3 N–H and O–H groups in total. The Bertz CT molecular complexity index is 1720. The highest BCUT2D eigenvalue weighted by molar-refractivity contribution is 9.10. The number of rotatable bonds is 6. The molecule has 0 atom stereocenters. The molecule has 5 aromatic rings. The molecule has 4 aromatic carbocycles. The van der Waals surface area contributed by atoms with E-state index in [2.05, 4.69) is 31.9 Å². The van der Waals surface area contributed by atoms with Gasteiger partial charge in [0.1, 0.15) is 17.1 Å². The lowest BCUT2D eigenvalue weighted by atomic mass is 10.1. The van der Waals surface area contributed by atoms with Crippen LogP contribution in [-0.2, 0) is 0 Å². The van der Waals surface area contributed by atoms with Gasteiger partial charge < -0.3 is 24.5 Å². The fourth-order valence-electron chi connectivity index (χ4n) is 4.14. The van der Waals surface area contributed by atoms with Gasteiger partial charge in [-0.3, -0.25) is 14.9 Å². The minimum atomic E-state index is -0.433. The molecule has 0 saturated heterocycles. The number of halogens is 1. The zero-order chi connectivity index (χ0) is 27.5. The van der Waals surface area contributed by atoms with E-state index < -0.39 is 11.8 Å². The number of fused-ring (bicyclic) bond motifs is 2. The van der Waals surface area contributed by atoms with Gasteiger partial charge in [0.2, 0.25) is 0 Å². The molecule has 1 aromatic heterocycles. The third-order valence-corrected chi connectivity index (χ3v) is 6.97. The standard InChI is InChI=1S/C29H22BrN3O5S/c1-36-23-15-18(11-12-21(23)32-28(35)24-14-17-8-4-6-10-22(17)38-24)31-29(39)33-27(34)20-13-16-7-3-5-9-19(16)25(30)26(20)37-2/h3-15H,1-2H3,(H,32,35)(H2,31,33,34,39). The molecule has 1 heterocycles. The zero-order valence-electron chi connectivity index (χ0n) is 20.8. The summed E-state index contributed by atoms with van der Waals surface area (Å²) in [5.74, 6) is 0.125. The van der Waals surface area contributed by atoms with Gasteiger partial charge in [-0.25, -0.2) is 0 Å². The van der Waals surface area contributed by atoms with Crippen molar-refractivity contribution in [3.05, 3.63) is 94.7 Å². The second kappa shape index (κ2) is 11.1. The number of hydrogen-bond donors (Lipinski definition) is 3. The van der Waals surface area contributed by atoms with Crippen molar-refractivity contribution in [1.82, 2.24) is 5.32 Å². The summed E-state index contributed by atoms with van der Waals surface area (Å²) in [5.41, 5.74) is 1.94. The van der Waals surface area contributed by atoms with Crippen molar-refractivity contribution in [2.75, 3.05) is 24.9 Å². The summed E-state index contributed by atoms with van der Waals surface area (Å²) in [7, 11) is 2.99. The normalized spacial score (nSPS) is 10.7. The number of ether oxygens (including phenoxy) is 2. The van der Waals surface area contributed by atoms with Gasteiger partial charge in [0.15, 0.2) is 10.9 Å². The number of benzene rings is 4. The van der Waals surface area contributed by atoms with Crippen LogP contribution in [0.5, 0.6) is 11.5 Å². The second-order valence-electron chi connectivity index (χ2n) is 8.42. The molecular weight excluding hydrogens is 582 g/mol. The average Bonchev–Trinajstić information content (AvgIpc) is 3.38. The summed E-state index contributed by atoms with van der Waals surface area (Å²) in [6.07, 6.45) is 0. The summed E-state index contributed by atoms with van der Waals surface area (Å²) < 4.78 is 17.3. The highest BCUT2D eigenvalue weighted by Gasteiger charge is 2.20. The molecule has 0 spiro atoms. The van der Waals surface area contributed by atoms with E-state index in [4.69, 9.17) is 26.1 Å². The Hall–Kier alpha value is -4.41. The lowest BCUT2D eigenvalue weighted by Gasteiger charge is -2.15. The van der Waals surface area contributed by atoms with Crippen LogP contribution in [0.15, 0.2) is 87.8 Å². The van der Waals surface area contributed by atoms with Crippen molar-refractivity contribution in [2.24, 2.45) is 0 Å². The van der Waals surface area contributed by atoms with E-state index in [1.165, 1.54) is 14.2 Å². The van der Waals surface area contributed by atoms with Crippen LogP contribution in [0.25, 0.3) is 21.7 Å². The average molecular weight is 604 g/mol. The van der Waals surface area contributed by atoms with E-state index in [0.29, 0.717) is 38.5 Å². The van der Waals surface area contributed by atoms with Crippen molar-refractivity contribution >= 4 is 78.2 Å². The first-order valence-corrected chi connectivity index (χ1v) is 12.9. The van der Waals surface area contributed by atoms with Crippen molar-refractivity contribution in [2.45, 2.75) is 0 Å². The topological polar surface area (TPSA) is 102 Å². The number of amides is 2. The molecule has 0 aliphatic carbocycles. The minimum Gasteiger partial charge on any atom is -0.495 e. The van der Waals surface area contributed by atoms with Crippen LogP contribution in [0.4, 0.5) is 11.4 Å². The second-order valence-corrected chi connectivity index (χ2v) is 9.62. The van der Waals surface area contributed by atoms with Crippen molar-refractivity contribution in [3.63, 3.8) is 0 Å². The predicted octanol–water partition coefficient (Wildman–Crippen LogP) is 6.74. The molecule has 0 radical (unpaired) electrons. The summed E-state index contributed by atoms with van der Waals surface area (Å²) in [4.78, 5) is 25.9. The number of carbonyl (C=O) groups is 2. The van der Waals surface area contributed by atoms with E-state index in [1.54, 1.807) is 36.4 Å². The van der Waals surface area contributed by atoms with Crippen LogP contribution in [-0.4, -0.2) is 31.1 Å². The monoisotopic (exact) mass is 603 g/mol. The van der Waals surface area contributed by atoms with Gasteiger partial charge in [0.25, 0.3) is 11.8 Å². The first-order valence-electron chi connectivity index (χ1n) is 11.7. The van der Waals surface area contributed by atoms with Crippen LogP contribution in [0, 0.1) is 0 Å². The Morgan fingerprint density at radius 3 is 2.33 bits per heavy atom. The molecule has 0 aliphatic heterocycles. The Morgan fingerprint density at radius 2 is 1.59 bits per heavy atom. The maximum absolute atomic E-state index is 13.1. The van der Waals surface area contributed by atoms with Gasteiger partial charge in [-0.2, -0.15) is 0 Å². The quantitative estimate of drug-likeness (QED) is 0.185. The number of methoxy groups -OCH3 is 2.